The van der Waals surface area contributed by atoms with E-state index < -0.39 is 41.7 Å². The Hall–Kier alpha value is -1.47. The highest BCUT2D eigenvalue weighted by molar-refractivity contribution is 5.70. The second-order valence-corrected chi connectivity index (χ2v) is 12.7. The van der Waals surface area contributed by atoms with Crippen molar-refractivity contribution in [3.8, 4) is 0 Å². The molecule has 9 atom stereocenters. The fraction of sp³-hybridized carbons (Fsp3) is 0.889. The predicted octanol–water partition coefficient (Wildman–Crippen LogP) is 3.90. The average molecular weight is 479 g/mol. The molecule has 2 bridgehead atoms. The zero-order valence-corrected chi connectivity index (χ0v) is 21.5. The van der Waals surface area contributed by atoms with Crippen molar-refractivity contribution < 1.29 is 33.7 Å². The Morgan fingerprint density at radius 1 is 1.18 bits per heavy atom. The fourth-order valence-electron chi connectivity index (χ4n) is 8.67. The van der Waals surface area contributed by atoms with Crippen LogP contribution in [0.25, 0.3) is 0 Å². The molecule has 4 fully saturated rings. The molecule has 0 spiro atoms. The number of fused-ring (bicyclic) bond motifs is 6. The number of ether oxygens (including phenoxy) is 3. The van der Waals surface area contributed by atoms with Crippen LogP contribution in [0.1, 0.15) is 80.1 Å². The second-order valence-electron chi connectivity index (χ2n) is 12.7. The van der Waals surface area contributed by atoms with Gasteiger partial charge in [0.05, 0.1) is 24.7 Å². The molecule has 4 rings (SSSR count). The molecule has 0 amide bonds. The standard InChI is InChI=1S/C27H42O7/c1-15(2)12-19(30)32-14-27-11-8-18-25(4,5)9-7-10-26(18,6)23(27)22-21(31)20(17(27)13-28)24(34-22)33-16(3)29/h13,15,17-18,20-24,31H,7-12,14H2,1-6H3/t17-,18+,20?,21-,22?,23-,24?,26+,27-/m1/s1. The number of esters is 2. The summed E-state index contributed by atoms with van der Waals surface area (Å²) in [6, 6.07) is 0. The van der Waals surface area contributed by atoms with Gasteiger partial charge in [0.15, 0.2) is 0 Å². The van der Waals surface area contributed by atoms with Crippen molar-refractivity contribution >= 4 is 18.2 Å². The third kappa shape index (κ3) is 3.91. The SMILES string of the molecule is CC(=O)OC1OC2[C@H](O)C1[C@@H](C=O)[C@]1(COC(=O)CC(C)C)CC[C@H]3C(C)(C)CCC[C@]3(C)[C@@H]21. The van der Waals surface area contributed by atoms with Gasteiger partial charge < -0.3 is 24.1 Å². The molecule has 192 valence electrons. The highest BCUT2D eigenvalue weighted by Gasteiger charge is 2.73. The molecule has 1 N–H and O–H groups in total. The van der Waals surface area contributed by atoms with Crippen molar-refractivity contribution in [1.29, 1.82) is 0 Å². The van der Waals surface area contributed by atoms with Crippen molar-refractivity contribution in [1.82, 2.24) is 0 Å². The number of rotatable bonds is 6. The van der Waals surface area contributed by atoms with Gasteiger partial charge in [0.25, 0.3) is 0 Å². The number of aliphatic hydroxyl groups is 1. The topological polar surface area (TPSA) is 99.1 Å². The van der Waals surface area contributed by atoms with E-state index in [2.05, 4.69) is 20.8 Å². The van der Waals surface area contributed by atoms with Gasteiger partial charge in [-0.3, -0.25) is 9.59 Å². The van der Waals surface area contributed by atoms with Gasteiger partial charge in [-0.2, -0.15) is 0 Å². The molecular weight excluding hydrogens is 436 g/mol. The van der Waals surface area contributed by atoms with Crippen molar-refractivity contribution in [3.63, 3.8) is 0 Å². The number of aliphatic hydroxyl groups excluding tert-OH is 1. The Bertz CT molecular complexity index is 822. The molecule has 0 aromatic heterocycles. The summed E-state index contributed by atoms with van der Waals surface area (Å²) in [5, 5.41) is 11.4. The lowest BCUT2D eigenvalue weighted by molar-refractivity contribution is -0.233. The summed E-state index contributed by atoms with van der Waals surface area (Å²) >= 11 is 0. The maximum Gasteiger partial charge on any atom is 0.306 e. The van der Waals surface area contributed by atoms with Crippen LogP contribution in [0.15, 0.2) is 0 Å². The number of hydrogen-bond donors (Lipinski definition) is 1. The third-order valence-electron chi connectivity index (χ3n) is 9.75. The molecule has 0 radical (unpaired) electrons. The molecule has 3 unspecified atom stereocenters. The van der Waals surface area contributed by atoms with Crippen LogP contribution in [-0.4, -0.2) is 48.4 Å². The largest absolute Gasteiger partial charge is 0.465 e. The van der Waals surface area contributed by atoms with Crippen molar-refractivity contribution in [3.05, 3.63) is 0 Å². The van der Waals surface area contributed by atoms with Crippen LogP contribution in [0.2, 0.25) is 0 Å². The van der Waals surface area contributed by atoms with Crippen LogP contribution in [0, 0.1) is 45.8 Å². The maximum absolute atomic E-state index is 12.8. The van der Waals surface area contributed by atoms with Crippen molar-refractivity contribution in [2.45, 2.75) is 98.6 Å². The molecule has 7 nitrogen and oxygen atoms in total. The van der Waals surface area contributed by atoms with E-state index in [4.69, 9.17) is 14.2 Å². The maximum atomic E-state index is 12.8. The van der Waals surface area contributed by atoms with E-state index in [1.165, 1.54) is 6.92 Å². The molecular formula is C27H42O7. The van der Waals surface area contributed by atoms with Gasteiger partial charge in [-0.1, -0.05) is 41.0 Å². The lowest BCUT2D eigenvalue weighted by atomic mass is 9.38. The molecule has 34 heavy (non-hydrogen) atoms. The summed E-state index contributed by atoms with van der Waals surface area (Å²) in [6.45, 7) is 12.3. The Labute approximate surface area is 203 Å². The summed E-state index contributed by atoms with van der Waals surface area (Å²) < 4.78 is 17.7. The van der Waals surface area contributed by atoms with Gasteiger partial charge >= 0.3 is 11.9 Å². The molecule has 0 aromatic carbocycles. The normalized spacial score (nSPS) is 44.6. The molecule has 1 heterocycles. The number of carbonyl (C=O) groups is 3. The zero-order valence-electron chi connectivity index (χ0n) is 21.5. The molecule has 1 aliphatic heterocycles. The van der Waals surface area contributed by atoms with Gasteiger partial charge in [-0.15, -0.1) is 0 Å². The van der Waals surface area contributed by atoms with E-state index in [1.807, 2.05) is 13.8 Å². The van der Waals surface area contributed by atoms with E-state index in [9.17, 15) is 19.5 Å². The summed E-state index contributed by atoms with van der Waals surface area (Å²) in [5.74, 6) is -1.68. The summed E-state index contributed by atoms with van der Waals surface area (Å²) in [5.41, 5.74) is -0.732. The Morgan fingerprint density at radius 2 is 1.88 bits per heavy atom. The molecule has 1 saturated heterocycles. The van der Waals surface area contributed by atoms with E-state index in [-0.39, 0.29) is 35.2 Å². The average Bonchev–Trinajstić information content (AvgIpc) is 2.93. The Kier molecular flexibility index (Phi) is 6.69. The van der Waals surface area contributed by atoms with Crippen LogP contribution in [-0.2, 0) is 28.6 Å². The number of hydrogen-bond acceptors (Lipinski definition) is 7. The number of aldehydes is 1. The van der Waals surface area contributed by atoms with Gasteiger partial charge in [-0.05, 0) is 48.3 Å². The van der Waals surface area contributed by atoms with Crippen LogP contribution in [0.3, 0.4) is 0 Å². The predicted molar refractivity (Wildman–Crippen MR) is 124 cm³/mol. The van der Waals surface area contributed by atoms with Crippen LogP contribution in [0.5, 0.6) is 0 Å². The van der Waals surface area contributed by atoms with Crippen molar-refractivity contribution in [2.75, 3.05) is 6.61 Å². The lowest BCUT2D eigenvalue weighted by Gasteiger charge is -2.66. The van der Waals surface area contributed by atoms with E-state index in [0.717, 1.165) is 38.4 Å². The van der Waals surface area contributed by atoms with E-state index in [0.29, 0.717) is 12.3 Å². The Morgan fingerprint density at radius 3 is 2.50 bits per heavy atom. The first-order valence-electron chi connectivity index (χ1n) is 13.0. The van der Waals surface area contributed by atoms with Gasteiger partial charge in [0.2, 0.25) is 6.29 Å². The van der Waals surface area contributed by atoms with E-state index in [1.54, 1.807) is 0 Å². The smallest absolute Gasteiger partial charge is 0.306 e. The van der Waals surface area contributed by atoms with Crippen molar-refractivity contribution in [2.24, 2.45) is 45.8 Å². The highest BCUT2D eigenvalue weighted by atomic mass is 16.7. The third-order valence-corrected chi connectivity index (χ3v) is 9.75. The van der Waals surface area contributed by atoms with Crippen LogP contribution < -0.4 is 0 Å². The first-order chi connectivity index (χ1) is 15.9. The highest BCUT2D eigenvalue weighted by Crippen LogP contribution is 2.71. The first-order valence-corrected chi connectivity index (χ1v) is 13.0. The number of carbonyl (C=O) groups excluding carboxylic acids is 3. The minimum absolute atomic E-state index is 0.125. The minimum atomic E-state index is -0.972. The summed E-state index contributed by atoms with van der Waals surface area (Å²) in [6.07, 6.45) is 3.58. The quantitative estimate of drug-likeness (QED) is 0.457. The van der Waals surface area contributed by atoms with Crippen LogP contribution in [0.4, 0.5) is 0 Å². The minimum Gasteiger partial charge on any atom is -0.465 e. The Balaban J connectivity index is 1.79. The zero-order chi connectivity index (χ0) is 25.1. The first kappa shape index (κ1) is 25.6. The summed E-state index contributed by atoms with van der Waals surface area (Å²) in [4.78, 5) is 37.2. The monoisotopic (exact) mass is 478 g/mol. The van der Waals surface area contributed by atoms with Gasteiger partial charge in [0, 0.05) is 30.6 Å². The lowest BCUT2D eigenvalue weighted by Crippen LogP contribution is -2.67. The van der Waals surface area contributed by atoms with E-state index >= 15 is 0 Å². The summed E-state index contributed by atoms with van der Waals surface area (Å²) in [7, 11) is 0. The molecule has 3 saturated carbocycles. The molecule has 7 heteroatoms. The van der Waals surface area contributed by atoms with Gasteiger partial charge in [-0.25, -0.2) is 0 Å². The molecule has 0 aromatic rings. The molecule has 4 aliphatic rings. The van der Waals surface area contributed by atoms with Crippen LogP contribution >= 0.6 is 0 Å². The van der Waals surface area contributed by atoms with Gasteiger partial charge in [0.1, 0.15) is 6.29 Å². The second kappa shape index (κ2) is 8.88. The fourth-order valence-corrected chi connectivity index (χ4v) is 8.67. The molecule has 3 aliphatic carbocycles.